The summed E-state index contributed by atoms with van der Waals surface area (Å²) in [7, 11) is -2.85. The first-order valence-electron chi connectivity index (χ1n) is 9.93. The van der Waals surface area contributed by atoms with Gasteiger partial charge in [0.15, 0.2) is 6.04 Å². The number of methoxy groups -OCH3 is 1. The monoisotopic (exact) mass is 481 g/mol. The second kappa shape index (κ2) is 11.2. The minimum Gasteiger partial charge on any atom is -0.480 e. The molecule has 8 heteroatoms. The first-order chi connectivity index (χ1) is 15.8. The smallest absolute Gasteiger partial charge is 0.325 e. The van der Waals surface area contributed by atoms with E-state index in [1.807, 2.05) is 36.6 Å². The van der Waals surface area contributed by atoms with Crippen molar-refractivity contribution < 1.29 is 23.1 Å². The number of thioether (sulfide) groups is 1. The number of ether oxygens (including phenoxy) is 1. The first kappa shape index (κ1) is 24.6. The van der Waals surface area contributed by atoms with E-state index >= 15 is 0 Å². The van der Waals surface area contributed by atoms with Gasteiger partial charge in [-0.15, -0.1) is 11.8 Å². The van der Waals surface area contributed by atoms with Crippen LogP contribution in [0.1, 0.15) is 5.56 Å². The molecule has 0 amide bonds. The van der Waals surface area contributed by atoms with Gasteiger partial charge in [-0.25, -0.2) is 8.42 Å². The topological polar surface area (TPSA) is 92.7 Å². The Morgan fingerprint density at radius 3 is 2.06 bits per heavy atom. The molecule has 3 aromatic carbocycles. The largest absolute Gasteiger partial charge is 0.480 e. The van der Waals surface area contributed by atoms with E-state index in [0.29, 0.717) is 5.56 Å². The molecule has 2 atom stereocenters. The molecule has 0 heterocycles. The third-order valence-electron chi connectivity index (χ3n) is 4.83. The Balaban J connectivity index is 1.81. The fourth-order valence-corrected chi connectivity index (χ4v) is 4.64. The average Bonchev–Trinajstić information content (AvgIpc) is 2.84. The number of carboxylic acid groups (broad SMARTS) is 1. The summed E-state index contributed by atoms with van der Waals surface area (Å²) in [5.74, 6) is 4.12. The minimum absolute atomic E-state index is 0.0518. The van der Waals surface area contributed by atoms with Crippen molar-refractivity contribution in [2.24, 2.45) is 0 Å². The third kappa shape index (κ3) is 6.46. The van der Waals surface area contributed by atoms with Gasteiger partial charge in [0.1, 0.15) is 6.10 Å². The molecular weight excluding hydrogens is 458 g/mol. The fraction of sp³-hybridized carbons (Fsp3) is 0.160. The van der Waals surface area contributed by atoms with Crippen LogP contribution < -0.4 is 4.72 Å². The molecular formula is C25H23NO5S2. The van der Waals surface area contributed by atoms with E-state index in [4.69, 9.17) is 4.74 Å². The molecule has 0 spiro atoms. The Morgan fingerprint density at radius 2 is 1.55 bits per heavy atom. The highest BCUT2D eigenvalue weighted by Crippen LogP contribution is 2.24. The van der Waals surface area contributed by atoms with E-state index in [1.165, 1.54) is 19.2 Å². The standard InChI is InChI=1S/C25H23NO5S2/c1-31-23(17-8-18-6-4-3-5-7-18)24(25(27)28)26-33(29,30)22-15-11-20(12-16-22)19-9-13-21(32-2)14-10-19/h3-7,9-16,23-24,26H,1-2H3,(H,27,28)/t23-,24?/m0/s1. The summed E-state index contributed by atoms with van der Waals surface area (Å²) >= 11 is 1.64. The molecule has 170 valence electrons. The second-order valence-corrected chi connectivity index (χ2v) is 9.58. The molecule has 0 aromatic heterocycles. The highest BCUT2D eigenvalue weighted by molar-refractivity contribution is 7.98. The summed E-state index contributed by atoms with van der Waals surface area (Å²) in [5, 5.41) is 9.64. The molecule has 2 N–H and O–H groups in total. The lowest BCUT2D eigenvalue weighted by atomic mass is 10.1. The summed E-state index contributed by atoms with van der Waals surface area (Å²) in [4.78, 5) is 12.9. The molecule has 0 aliphatic rings. The molecule has 0 aliphatic carbocycles. The Kier molecular flexibility index (Phi) is 8.31. The number of carboxylic acids is 1. The van der Waals surface area contributed by atoms with Crippen LogP contribution in [0.3, 0.4) is 0 Å². The maximum atomic E-state index is 12.9. The van der Waals surface area contributed by atoms with Crippen LogP contribution >= 0.6 is 11.8 Å². The quantitative estimate of drug-likeness (QED) is 0.375. The molecule has 6 nitrogen and oxygen atoms in total. The number of rotatable bonds is 8. The lowest BCUT2D eigenvalue weighted by Gasteiger charge is -2.19. The summed E-state index contributed by atoms with van der Waals surface area (Å²) in [5.41, 5.74) is 2.45. The van der Waals surface area contributed by atoms with Crippen LogP contribution in [0.5, 0.6) is 0 Å². The summed E-state index contributed by atoms with van der Waals surface area (Å²) in [6.07, 6.45) is 0.805. The normalized spacial score (nSPS) is 12.9. The number of aliphatic carboxylic acids is 1. The maximum absolute atomic E-state index is 12.9. The maximum Gasteiger partial charge on any atom is 0.325 e. The van der Waals surface area contributed by atoms with E-state index in [2.05, 4.69) is 16.6 Å². The van der Waals surface area contributed by atoms with Crippen LogP contribution in [-0.2, 0) is 19.6 Å². The predicted molar refractivity (Wildman–Crippen MR) is 130 cm³/mol. The number of carbonyl (C=O) groups is 1. The molecule has 3 aromatic rings. The molecule has 3 rings (SSSR count). The second-order valence-electron chi connectivity index (χ2n) is 6.98. The Bertz CT molecular complexity index is 1250. The van der Waals surface area contributed by atoms with Gasteiger partial charge in [-0.3, -0.25) is 4.79 Å². The fourth-order valence-electron chi connectivity index (χ4n) is 3.04. The van der Waals surface area contributed by atoms with E-state index in [0.717, 1.165) is 16.0 Å². The minimum atomic E-state index is -4.13. The van der Waals surface area contributed by atoms with Crippen LogP contribution in [0.25, 0.3) is 11.1 Å². The van der Waals surface area contributed by atoms with Crippen molar-refractivity contribution in [3.8, 4) is 23.0 Å². The van der Waals surface area contributed by atoms with Gasteiger partial charge in [0.05, 0.1) is 4.90 Å². The lowest BCUT2D eigenvalue weighted by molar-refractivity contribution is -0.141. The number of hydrogen-bond donors (Lipinski definition) is 2. The van der Waals surface area contributed by atoms with Gasteiger partial charge in [-0.05, 0) is 53.8 Å². The Labute approximate surface area is 198 Å². The van der Waals surface area contributed by atoms with Crippen molar-refractivity contribution >= 4 is 27.8 Å². The van der Waals surface area contributed by atoms with Gasteiger partial charge in [0, 0.05) is 17.6 Å². The molecule has 0 radical (unpaired) electrons. The predicted octanol–water partition coefficient (Wildman–Crippen LogP) is 3.87. The summed E-state index contributed by atoms with van der Waals surface area (Å²) in [6.45, 7) is 0. The summed E-state index contributed by atoms with van der Waals surface area (Å²) < 4.78 is 33.2. The number of sulfonamides is 1. The molecule has 1 unspecified atom stereocenters. The first-order valence-corrected chi connectivity index (χ1v) is 12.6. The highest BCUT2D eigenvalue weighted by Gasteiger charge is 2.32. The number of benzene rings is 3. The zero-order valence-corrected chi connectivity index (χ0v) is 19.7. The Hall–Kier alpha value is -3.09. The average molecular weight is 482 g/mol. The van der Waals surface area contributed by atoms with Crippen molar-refractivity contribution in [1.82, 2.24) is 4.72 Å². The van der Waals surface area contributed by atoms with E-state index in [9.17, 15) is 18.3 Å². The van der Waals surface area contributed by atoms with E-state index < -0.39 is 28.1 Å². The van der Waals surface area contributed by atoms with Crippen molar-refractivity contribution in [1.29, 1.82) is 0 Å². The van der Waals surface area contributed by atoms with E-state index in [1.54, 1.807) is 48.2 Å². The molecule has 33 heavy (non-hydrogen) atoms. The van der Waals surface area contributed by atoms with Gasteiger partial charge >= 0.3 is 5.97 Å². The van der Waals surface area contributed by atoms with Crippen LogP contribution in [0.15, 0.2) is 88.7 Å². The molecule has 0 saturated heterocycles. The van der Waals surface area contributed by atoms with Gasteiger partial charge in [-0.1, -0.05) is 54.3 Å². The molecule has 0 aliphatic heterocycles. The number of nitrogens with one attached hydrogen (secondary N) is 1. The summed E-state index contributed by atoms with van der Waals surface area (Å²) in [6, 6.07) is 21.5. The van der Waals surface area contributed by atoms with Crippen LogP contribution in [0.2, 0.25) is 0 Å². The van der Waals surface area contributed by atoms with Crippen molar-refractivity contribution in [2.45, 2.75) is 21.9 Å². The van der Waals surface area contributed by atoms with Gasteiger partial charge in [-0.2, -0.15) is 4.72 Å². The highest BCUT2D eigenvalue weighted by atomic mass is 32.2. The third-order valence-corrected chi connectivity index (χ3v) is 7.03. The van der Waals surface area contributed by atoms with Gasteiger partial charge in [0.2, 0.25) is 10.0 Å². The zero-order valence-electron chi connectivity index (χ0n) is 18.1. The molecule has 0 bridgehead atoms. The van der Waals surface area contributed by atoms with Gasteiger partial charge < -0.3 is 9.84 Å². The SMILES string of the molecule is CO[C@@H](C#Cc1ccccc1)C(NS(=O)(=O)c1ccc(-c2ccc(SC)cc2)cc1)C(=O)O. The van der Waals surface area contributed by atoms with Crippen molar-refractivity contribution in [3.63, 3.8) is 0 Å². The van der Waals surface area contributed by atoms with Crippen molar-refractivity contribution in [3.05, 3.63) is 84.4 Å². The van der Waals surface area contributed by atoms with Crippen molar-refractivity contribution in [2.75, 3.05) is 13.4 Å². The molecule has 0 saturated carbocycles. The van der Waals surface area contributed by atoms with Crippen LogP contribution in [0.4, 0.5) is 0 Å². The Morgan fingerprint density at radius 1 is 0.970 bits per heavy atom. The zero-order chi connectivity index (χ0) is 23.8. The van der Waals surface area contributed by atoms with E-state index in [-0.39, 0.29) is 4.90 Å². The molecule has 0 fully saturated rings. The number of hydrogen-bond acceptors (Lipinski definition) is 5. The lowest BCUT2D eigenvalue weighted by Crippen LogP contribution is -2.48. The van der Waals surface area contributed by atoms with Gasteiger partial charge in [0.25, 0.3) is 0 Å². The van der Waals surface area contributed by atoms with Crippen LogP contribution in [-0.4, -0.2) is 45.0 Å². The van der Waals surface area contributed by atoms with Crippen LogP contribution in [0, 0.1) is 11.8 Å².